The third-order valence-electron chi connectivity index (χ3n) is 2.14. The van der Waals surface area contributed by atoms with Gasteiger partial charge in [0.25, 0.3) is 0 Å². The predicted octanol–water partition coefficient (Wildman–Crippen LogP) is 3.04. The van der Waals surface area contributed by atoms with E-state index in [2.05, 4.69) is 28.7 Å². The van der Waals surface area contributed by atoms with Crippen molar-refractivity contribution in [2.45, 2.75) is 18.8 Å². The zero-order valence-corrected chi connectivity index (χ0v) is 8.71. The highest BCUT2D eigenvalue weighted by Crippen LogP contribution is 2.42. The lowest BCUT2D eigenvalue weighted by molar-refractivity contribution is 1.11. The molecule has 0 N–H and O–H groups in total. The number of halogens is 1. The Morgan fingerprint density at radius 2 is 2.17 bits per heavy atom. The maximum atomic E-state index is 8.70. The molecule has 0 aliphatic heterocycles. The van der Waals surface area contributed by atoms with Crippen molar-refractivity contribution in [3.05, 3.63) is 32.9 Å². The summed E-state index contributed by atoms with van der Waals surface area (Å²) >= 11 is 2.34. The van der Waals surface area contributed by atoms with E-state index in [1.165, 1.54) is 22.0 Å². The fraction of sp³-hybridized carbons (Fsp3) is 0.300. The molecule has 1 aliphatic rings. The monoisotopic (exact) mass is 269 g/mol. The first-order valence-corrected chi connectivity index (χ1v) is 5.08. The number of hydrogen-bond donors (Lipinski definition) is 0. The first-order chi connectivity index (χ1) is 5.81. The minimum absolute atomic E-state index is 0.741. The van der Waals surface area contributed by atoms with E-state index < -0.39 is 0 Å². The third-order valence-corrected chi connectivity index (χ3v) is 3.12. The van der Waals surface area contributed by atoms with Gasteiger partial charge < -0.3 is 0 Å². The van der Waals surface area contributed by atoms with Gasteiger partial charge in [-0.05, 0) is 65.1 Å². The lowest BCUT2D eigenvalue weighted by atomic mass is 10.1. The number of rotatable bonds is 1. The number of nitriles is 1. The average molecular weight is 269 g/mol. The Hall–Kier alpha value is -0.560. The number of nitrogens with zero attached hydrogens (tertiary/aromatic N) is 1. The topological polar surface area (TPSA) is 23.8 Å². The van der Waals surface area contributed by atoms with E-state index in [-0.39, 0.29) is 0 Å². The number of benzene rings is 1. The van der Waals surface area contributed by atoms with Crippen LogP contribution in [0.2, 0.25) is 0 Å². The van der Waals surface area contributed by atoms with Gasteiger partial charge in [0, 0.05) is 3.57 Å². The van der Waals surface area contributed by atoms with Crippen molar-refractivity contribution in [3.8, 4) is 6.07 Å². The molecule has 0 unspecified atom stereocenters. The molecule has 0 aromatic heterocycles. The summed E-state index contributed by atoms with van der Waals surface area (Å²) in [6, 6.07) is 8.12. The summed E-state index contributed by atoms with van der Waals surface area (Å²) in [7, 11) is 0. The maximum absolute atomic E-state index is 8.70. The van der Waals surface area contributed by atoms with Gasteiger partial charge in [-0.25, -0.2) is 0 Å². The second kappa shape index (κ2) is 3.06. The van der Waals surface area contributed by atoms with Crippen LogP contribution in [0, 0.1) is 14.9 Å². The lowest BCUT2D eigenvalue weighted by Gasteiger charge is -2.01. The Balaban J connectivity index is 2.44. The highest BCUT2D eigenvalue weighted by molar-refractivity contribution is 14.1. The molecule has 2 heteroatoms. The van der Waals surface area contributed by atoms with Crippen LogP contribution < -0.4 is 0 Å². The van der Waals surface area contributed by atoms with Crippen LogP contribution in [0.25, 0.3) is 0 Å². The fourth-order valence-corrected chi connectivity index (χ4v) is 2.10. The molecule has 1 saturated carbocycles. The van der Waals surface area contributed by atoms with Gasteiger partial charge in [0.05, 0.1) is 11.6 Å². The van der Waals surface area contributed by atoms with Crippen LogP contribution in [0.5, 0.6) is 0 Å². The van der Waals surface area contributed by atoms with Crippen molar-refractivity contribution in [3.63, 3.8) is 0 Å². The lowest BCUT2D eigenvalue weighted by Crippen LogP contribution is -1.86. The van der Waals surface area contributed by atoms with Gasteiger partial charge in [0.1, 0.15) is 0 Å². The standard InChI is InChI=1S/C10H8IN/c11-10-4-1-7(6-12)5-9(10)8-2-3-8/h1,4-5,8H,2-3H2. The van der Waals surface area contributed by atoms with Gasteiger partial charge in [-0.15, -0.1) is 0 Å². The minimum Gasteiger partial charge on any atom is -0.192 e. The Kier molecular flexibility index (Phi) is 2.05. The molecule has 1 aromatic rings. The largest absolute Gasteiger partial charge is 0.192 e. The van der Waals surface area contributed by atoms with Gasteiger partial charge in [-0.1, -0.05) is 0 Å². The summed E-state index contributed by atoms with van der Waals surface area (Å²) in [5.74, 6) is 0.741. The smallest absolute Gasteiger partial charge is 0.0991 e. The molecule has 1 nitrogen and oxygen atoms in total. The summed E-state index contributed by atoms with van der Waals surface area (Å²) in [5.41, 5.74) is 2.16. The molecule has 1 fully saturated rings. The van der Waals surface area contributed by atoms with Crippen LogP contribution in [0.15, 0.2) is 18.2 Å². The average Bonchev–Trinajstić information content (AvgIpc) is 2.88. The molecule has 1 aromatic carbocycles. The molecule has 0 amide bonds. The van der Waals surface area contributed by atoms with Crippen LogP contribution in [0.1, 0.15) is 29.9 Å². The molecule has 0 atom stereocenters. The van der Waals surface area contributed by atoms with Crippen LogP contribution >= 0.6 is 22.6 Å². The van der Waals surface area contributed by atoms with Gasteiger partial charge in [0.15, 0.2) is 0 Å². The van der Waals surface area contributed by atoms with Crippen LogP contribution in [0.3, 0.4) is 0 Å². The summed E-state index contributed by atoms with van der Waals surface area (Å²) in [6.45, 7) is 0. The van der Waals surface area contributed by atoms with Gasteiger partial charge >= 0.3 is 0 Å². The molecule has 0 saturated heterocycles. The normalized spacial score (nSPS) is 15.7. The van der Waals surface area contributed by atoms with Crippen LogP contribution in [-0.2, 0) is 0 Å². The van der Waals surface area contributed by atoms with E-state index in [9.17, 15) is 0 Å². The van der Waals surface area contributed by atoms with E-state index in [0.29, 0.717) is 0 Å². The van der Waals surface area contributed by atoms with E-state index in [4.69, 9.17) is 5.26 Å². The second-order valence-corrected chi connectivity index (χ2v) is 4.28. The van der Waals surface area contributed by atoms with Crippen LogP contribution in [-0.4, -0.2) is 0 Å². The molecule has 0 heterocycles. The molecule has 0 bridgehead atoms. The van der Waals surface area contributed by atoms with E-state index in [0.717, 1.165) is 11.5 Å². The number of hydrogen-bond acceptors (Lipinski definition) is 1. The minimum atomic E-state index is 0.741. The van der Waals surface area contributed by atoms with E-state index in [1.807, 2.05) is 18.2 Å². The molecular weight excluding hydrogens is 261 g/mol. The summed E-state index contributed by atoms with van der Waals surface area (Å²) in [5, 5.41) is 8.70. The molecular formula is C10H8IN. The van der Waals surface area contributed by atoms with Crippen molar-refractivity contribution in [1.29, 1.82) is 5.26 Å². The quantitative estimate of drug-likeness (QED) is 0.719. The van der Waals surface area contributed by atoms with Gasteiger partial charge in [-0.3, -0.25) is 0 Å². The first kappa shape index (κ1) is 8.06. The zero-order valence-electron chi connectivity index (χ0n) is 6.55. The highest BCUT2D eigenvalue weighted by Gasteiger charge is 2.25. The summed E-state index contributed by atoms with van der Waals surface area (Å²) in [6.07, 6.45) is 2.59. The molecule has 0 spiro atoms. The second-order valence-electron chi connectivity index (χ2n) is 3.12. The Morgan fingerprint density at radius 3 is 2.75 bits per heavy atom. The van der Waals surface area contributed by atoms with Crippen molar-refractivity contribution >= 4 is 22.6 Å². The van der Waals surface area contributed by atoms with E-state index in [1.54, 1.807) is 0 Å². The predicted molar refractivity (Wildman–Crippen MR) is 55.8 cm³/mol. The highest BCUT2D eigenvalue weighted by atomic mass is 127. The van der Waals surface area contributed by atoms with E-state index >= 15 is 0 Å². The maximum Gasteiger partial charge on any atom is 0.0991 e. The summed E-state index contributed by atoms with van der Waals surface area (Å²) in [4.78, 5) is 0. The van der Waals surface area contributed by atoms with Crippen molar-refractivity contribution in [1.82, 2.24) is 0 Å². The molecule has 12 heavy (non-hydrogen) atoms. The van der Waals surface area contributed by atoms with Gasteiger partial charge in [-0.2, -0.15) is 5.26 Å². The summed E-state index contributed by atoms with van der Waals surface area (Å²) < 4.78 is 1.30. The molecule has 0 radical (unpaired) electrons. The molecule has 60 valence electrons. The van der Waals surface area contributed by atoms with Gasteiger partial charge in [0.2, 0.25) is 0 Å². The van der Waals surface area contributed by atoms with Crippen LogP contribution in [0.4, 0.5) is 0 Å². The Morgan fingerprint density at radius 1 is 1.42 bits per heavy atom. The third kappa shape index (κ3) is 1.46. The van der Waals surface area contributed by atoms with Crippen molar-refractivity contribution < 1.29 is 0 Å². The first-order valence-electron chi connectivity index (χ1n) is 4.01. The molecule has 2 rings (SSSR count). The van der Waals surface area contributed by atoms with Crippen molar-refractivity contribution in [2.24, 2.45) is 0 Å². The van der Waals surface area contributed by atoms with Crippen molar-refractivity contribution in [2.75, 3.05) is 0 Å². The Bertz CT molecular complexity index is 347. The zero-order chi connectivity index (χ0) is 8.55. The fourth-order valence-electron chi connectivity index (χ4n) is 1.32. The Labute approximate surface area is 85.5 Å². The molecule has 1 aliphatic carbocycles. The SMILES string of the molecule is N#Cc1ccc(I)c(C2CC2)c1.